The van der Waals surface area contributed by atoms with Crippen LogP contribution in [0, 0.1) is 6.92 Å². The number of aryl methyl sites for hydroxylation is 1. The summed E-state index contributed by atoms with van der Waals surface area (Å²) in [6.07, 6.45) is 1.77. The van der Waals surface area contributed by atoms with E-state index in [1.165, 1.54) is 0 Å². The number of hydrogen-bond acceptors (Lipinski definition) is 5. The van der Waals surface area contributed by atoms with Crippen molar-refractivity contribution < 1.29 is 4.42 Å². The van der Waals surface area contributed by atoms with Gasteiger partial charge >= 0.3 is 0 Å². The fourth-order valence-electron chi connectivity index (χ4n) is 2.14. The average molecular weight is 313 g/mol. The average Bonchev–Trinajstić information content (AvgIpc) is 3.15. The molecule has 0 bridgehead atoms. The van der Waals surface area contributed by atoms with Gasteiger partial charge in [-0.1, -0.05) is 30.3 Å². The summed E-state index contributed by atoms with van der Waals surface area (Å²) in [5.41, 5.74) is 1.88. The van der Waals surface area contributed by atoms with Gasteiger partial charge in [0.2, 0.25) is 5.89 Å². The molecule has 1 N–H and O–H groups in total. The molecule has 3 aromatic rings. The van der Waals surface area contributed by atoms with Crippen LogP contribution < -0.4 is 5.32 Å². The van der Waals surface area contributed by atoms with Gasteiger partial charge in [-0.05, 0) is 20.8 Å². The molecule has 0 radical (unpaired) electrons. The van der Waals surface area contributed by atoms with E-state index in [1.54, 1.807) is 17.5 Å². The van der Waals surface area contributed by atoms with E-state index in [0.717, 1.165) is 22.0 Å². The molecule has 0 spiro atoms. The van der Waals surface area contributed by atoms with Crippen LogP contribution in [-0.4, -0.2) is 9.97 Å². The maximum absolute atomic E-state index is 5.82. The first-order valence-corrected chi connectivity index (χ1v) is 8.10. The third kappa shape index (κ3) is 3.26. The summed E-state index contributed by atoms with van der Waals surface area (Å²) in [5.74, 6) is 1.47. The van der Waals surface area contributed by atoms with Crippen molar-refractivity contribution in [2.24, 2.45) is 0 Å². The minimum Gasteiger partial charge on any atom is -0.439 e. The van der Waals surface area contributed by atoms with Gasteiger partial charge in [0.15, 0.2) is 5.76 Å². The van der Waals surface area contributed by atoms with Gasteiger partial charge in [-0.2, -0.15) is 0 Å². The summed E-state index contributed by atoms with van der Waals surface area (Å²) in [4.78, 5) is 8.90. The van der Waals surface area contributed by atoms with Crippen LogP contribution in [-0.2, 0) is 12.1 Å². The fourth-order valence-corrected chi connectivity index (χ4v) is 3.04. The van der Waals surface area contributed by atoms with Crippen LogP contribution in [0.25, 0.3) is 11.3 Å². The number of rotatable bonds is 5. The molecule has 4 nitrogen and oxygen atoms in total. The number of benzene rings is 1. The quantitative estimate of drug-likeness (QED) is 0.769. The third-order valence-electron chi connectivity index (χ3n) is 3.45. The smallest absolute Gasteiger partial charge is 0.208 e. The van der Waals surface area contributed by atoms with Crippen LogP contribution in [0.2, 0.25) is 0 Å². The SMILES string of the molecule is Cc1csc(C(C)(C)NCc2ncc(-c3ccccc3)o2)n1. The van der Waals surface area contributed by atoms with Gasteiger partial charge in [0.1, 0.15) is 5.01 Å². The van der Waals surface area contributed by atoms with Gasteiger partial charge in [-0.3, -0.25) is 5.32 Å². The predicted octanol–water partition coefficient (Wildman–Crippen LogP) is 4.13. The summed E-state index contributed by atoms with van der Waals surface area (Å²) in [7, 11) is 0. The molecule has 0 aliphatic heterocycles. The maximum atomic E-state index is 5.82. The van der Waals surface area contributed by atoms with Crippen LogP contribution in [0.3, 0.4) is 0 Å². The first kappa shape index (κ1) is 14.9. The van der Waals surface area contributed by atoms with E-state index in [1.807, 2.05) is 37.3 Å². The Morgan fingerprint density at radius 3 is 2.68 bits per heavy atom. The van der Waals surface area contributed by atoms with Gasteiger partial charge < -0.3 is 4.42 Å². The molecule has 1 aromatic carbocycles. The van der Waals surface area contributed by atoms with Crippen molar-refractivity contribution in [3.05, 3.63) is 58.5 Å². The molecule has 0 aliphatic carbocycles. The Hall–Kier alpha value is -1.98. The van der Waals surface area contributed by atoms with Crippen LogP contribution in [0.15, 0.2) is 46.3 Å². The molecule has 0 unspecified atom stereocenters. The molecule has 3 rings (SSSR count). The molecular weight excluding hydrogens is 294 g/mol. The molecule has 2 aromatic heterocycles. The van der Waals surface area contributed by atoms with Crippen molar-refractivity contribution in [2.75, 3.05) is 0 Å². The zero-order chi connectivity index (χ0) is 15.6. The number of oxazole rings is 1. The summed E-state index contributed by atoms with van der Waals surface area (Å²) in [6.45, 7) is 6.81. The van der Waals surface area contributed by atoms with E-state index >= 15 is 0 Å². The highest BCUT2D eigenvalue weighted by atomic mass is 32.1. The molecule has 0 atom stereocenters. The van der Waals surface area contributed by atoms with E-state index < -0.39 is 0 Å². The molecule has 0 aliphatic rings. The molecule has 114 valence electrons. The van der Waals surface area contributed by atoms with E-state index in [0.29, 0.717) is 12.4 Å². The Kier molecular flexibility index (Phi) is 4.09. The lowest BCUT2D eigenvalue weighted by Gasteiger charge is -2.22. The van der Waals surface area contributed by atoms with Crippen molar-refractivity contribution in [2.45, 2.75) is 32.9 Å². The Labute approximate surface area is 134 Å². The Balaban J connectivity index is 1.68. The highest BCUT2D eigenvalue weighted by Crippen LogP contribution is 2.25. The van der Waals surface area contributed by atoms with Gasteiger partial charge in [0.05, 0.1) is 18.3 Å². The lowest BCUT2D eigenvalue weighted by atomic mass is 10.1. The largest absolute Gasteiger partial charge is 0.439 e. The maximum Gasteiger partial charge on any atom is 0.208 e. The van der Waals surface area contributed by atoms with Crippen LogP contribution in [0.4, 0.5) is 0 Å². The van der Waals surface area contributed by atoms with Crippen molar-refractivity contribution >= 4 is 11.3 Å². The minimum atomic E-state index is -0.208. The molecule has 22 heavy (non-hydrogen) atoms. The summed E-state index contributed by atoms with van der Waals surface area (Å²) in [5, 5.41) is 6.60. The van der Waals surface area contributed by atoms with Crippen LogP contribution in [0.1, 0.15) is 30.4 Å². The van der Waals surface area contributed by atoms with Crippen LogP contribution >= 0.6 is 11.3 Å². The first-order valence-electron chi connectivity index (χ1n) is 7.22. The molecule has 0 saturated heterocycles. The fraction of sp³-hybridized carbons (Fsp3) is 0.294. The summed E-state index contributed by atoms with van der Waals surface area (Å²) >= 11 is 1.67. The predicted molar refractivity (Wildman–Crippen MR) is 88.7 cm³/mol. The molecular formula is C17H19N3OS. The van der Waals surface area contributed by atoms with E-state index in [-0.39, 0.29) is 5.54 Å². The highest BCUT2D eigenvalue weighted by molar-refractivity contribution is 7.09. The summed E-state index contributed by atoms with van der Waals surface area (Å²) < 4.78 is 5.82. The monoisotopic (exact) mass is 313 g/mol. The second-order valence-electron chi connectivity index (χ2n) is 5.76. The minimum absolute atomic E-state index is 0.208. The topological polar surface area (TPSA) is 51.0 Å². The standard InChI is InChI=1S/C17H19N3OS/c1-12-11-22-16(20-12)17(2,3)19-10-15-18-9-14(21-15)13-7-5-4-6-8-13/h4-9,11,19H,10H2,1-3H3. The molecule has 5 heteroatoms. The van der Waals surface area contributed by atoms with E-state index in [2.05, 4.69) is 34.5 Å². The second kappa shape index (κ2) is 6.02. The zero-order valence-electron chi connectivity index (χ0n) is 13.0. The molecule has 2 heterocycles. The Bertz CT molecular complexity index is 746. The number of hydrogen-bond donors (Lipinski definition) is 1. The van der Waals surface area contributed by atoms with Gasteiger partial charge in [0, 0.05) is 16.6 Å². The van der Waals surface area contributed by atoms with Crippen molar-refractivity contribution in [1.82, 2.24) is 15.3 Å². The zero-order valence-corrected chi connectivity index (χ0v) is 13.8. The third-order valence-corrected chi connectivity index (χ3v) is 4.73. The number of nitrogens with one attached hydrogen (secondary N) is 1. The molecule has 0 saturated carbocycles. The molecule has 0 amide bonds. The van der Waals surface area contributed by atoms with Crippen molar-refractivity contribution in [1.29, 1.82) is 0 Å². The first-order chi connectivity index (χ1) is 10.5. The van der Waals surface area contributed by atoms with E-state index in [4.69, 9.17) is 4.42 Å². The van der Waals surface area contributed by atoms with Crippen LogP contribution in [0.5, 0.6) is 0 Å². The van der Waals surface area contributed by atoms with Crippen molar-refractivity contribution in [3.8, 4) is 11.3 Å². The Morgan fingerprint density at radius 1 is 1.23 bits per heavy atom. The Morgan fingerprint density at radius 2 is 2.00 bits per heavy atom. The van der Waals surface area contributed by atoms with Gasteiger partial charge in [-0.25, -0.2) is 9.97 Å². The van der Waals surface area contributed by atoms with E-state index in [9.17, 15) is 0 Å². The molecule has 0 fully saturated rings. The van der Waals surface area contributed by atoms with Gasteiger partial charge in [-0.15, -0.1) is 11.3 Å². The number of nitrogens with zero attached hydrogens (tertiary/aromatic N) is 2. The normalized spacial score (nSPS) is 11.8. The number of thiazole rings is 1. The van der Waals surface area contributed by atoms with Gasteiger partial charge in [0.25, 0.3) is 0 Å². The second-order valence-corrected chi connectivity index (χ2v) is 6.61. The lowest BCUT2D eigenvalue weighted by Crippen LogP contribution is -2.36. The van der Waals surface area contributed by atoms with Crippen molar-refractivity contribution in [3.63, 3.8) is 0 Å². The number of aromatic nitrogens is 2. The summed E-state index contributed by atoms with van der Waals surface area (Å²) in [6, 6.07) is 9.99. The highest BCUT2D eigenvalue weighted by Gasteiger charge is 2.24. The lowest BCUT2D eigenvalue weighted by molar-refractivity contribution is 0.365.